The number of hydrogen-bond acceptors (Lipinski definition) is 5. The molecule has 1 heterocycles. The first kappa shape index (κ1) is 20.5. The van der Waals surface area contributed by atoms with Gasteiger partial charge in [-0.15, -0.1) is 0 Å². The number of carbonyl (C=O) groups is 2. The number of rotatable bonds is 9. The number of nitrogens with zero attached hydrogens (tertiary/aromatic N) is 1. The Balaban J connectivity index is 1.46. The van der Waals surface area contributed by atoms with Crippen molar-refractivity contribution in [2.24, 2.45) is 0 Å². The lowest BCUT2D eigenvalue weighted by Gasteiger charge is -2.18. The minimum Gasteiger partial charge on any atom is -0.494 e. The minimum absolute atomic E-state index is 0.0748. The number of ether oxygens (including phenoxy) is 3. The van der Waals surface area contributed by atoms with E-state index in [0.29, 0.717) is 30.2 Å². The highest BCUT2D eigenvalue weighted by Crippen LogP contribution is 2.32. The summed E-state index contributed by atoms with van der Waals surface area (Å²) < 4.78 is 16.2. The number of amides is 2. The molecular weight excluding hydrogens is 372 g/mol. The predicted octanol–water partition coefficient (Wildman–Crippen LogP) is 2.98. The second kappa shape index (κ2) is 9.82. The molecule has 0 aromatic heterocycles. The normalized spacial score (nSPS) is 11.8. The van der Waals surface area contributed by atoms with Crippen LogP contribution in [0.4, 0.5) is 0 Å². The fraction of sp³-hybridized carbons (Fsp3) is 0.364. The summed E-state index contributed by atoms with van der Waals surface area (Å²) in [5.41, 5.74) is 1.41. The van der Waals surface area contributed by atoms with Crippen LogP contribution < -0.4 is 19.5 Å². The van der Waals surface area contributed by atoms with Gasteiger partial charge in [0.15, 0.2) is 11.5 Å². The van der Waals surface area contributed by atoms with E-state index < -0.39 is 0 Å². The van der Waals surface area contributed by atoms with Crippen LogP contribution in [0, 0.1) is 0 Å². The Morgan fingerprint density at radius 2 is 1.86 bits per heavy atom. The molecule has 0 bridgehead atoms. The van der Waals surface area contributed by atoms with Crippen LogP contribution in [-0.4, -0.2) is 43.7 Å². The van der Waals surface area contributed by atoms with Crippen LogP contribution in [0.3, 0.4) is 0 Å². The summed E-state index contributed by atoms with van der Waals surface area (Å²) in [5, 5.41) is 2.66. The second-order valence-corrected chi connectivity index (χ2v) is 6.85. The number of hydrogen-bond donors (Lipinski definition) is 1. The molecular formula is C22H26N2O5. The molecule has 29 heavy (non-hydrogen) atoms. The van der Waals surface area contributed by atoms with Gasteiger partial charge in [0.2, 0.25) is 12.7 Å². The summed E-state index contributed by atoms with van der Waals surface area (Å²) in [5.74, 6) is 1.63. The van der Waals surface area contributed by atoms with Gasteiger partial charge in [-0.2, -0.15) is 0 Å². The standard InChI is InChI=1S/C22H26N2O5/c1-3-4-11-27-18-8-6-17(7-9-18)22(26)23-13-21(25)24(2)14-16-5-10-19-20(12-16)29-15-28-19/h5-10,12H,3-4,11,13-15H2,1-2H3,(H,23,26). The molecule has 0 saturated heterocycles. The van der Waals surface area contributed by atoms with Gasteiger partial charge >= 0.3 is 0 Å². The lowest BCUT2D eigenvalue weighted by molar-refractivity contribution is -0.129. The molecule has 0 saturated carbocycles. The fourth-order valence-corrected chi connectivity index (χ4v) is 2.83. The zero-order chi connectivity index (χ0) is 20.6. The van der Waals surface area contributed by atoms with Gasteiger partial charge in [-0.1, -0.05) is 19.4 Å². The van der Waals surface area contributed by atoms with Gasteiger partial charge in [0.25, 0.3) is 5.91 Å². The Kier molecular flexibility index (Phi) is 6.94. The third-order valence-corrected chi connectivity index (χ3v) is 4.57. The average Bonchev–Trinajstić information content (AvgIpc) is 3.20. The van der Waals surface area contributed by atoms with E-state index in [0.717, 1.165) is 24.2 Å². The van der Waals surface area contributed by atoms with Gasteiger partial charge in [-0.3, -0.25) is 9.59 Å². The number of nitrogens with one attached hydrogen (secondary N) is 1. The van der Waals surface area contributed by atoms with Crippen molar-refractivity contribution in [3.05, 3.63) is 53.6 Å². The molecule has 7 heteroatoms. The summed E-state index contributed by atoms with van der Waals surface area (Å²) in [4.78, 5) is 26.2. The van der Waals surface area contributed by atoms with E-state index in [-0.39, 0.29) is 25.2 Å². The summed E-state index contributed by atoms with van der Waals surface area (Å²) in [6.07, 6.45) is 2.06. The average molecular weight is 398 g/mol. The monoisotopic (exact) mass is 398 g/mol. The van der Waals surface area contributed by atoms with Crippen LogP contribution in [-0.2, 0) is 11.3 Å². The van der Waals surface area contributed by atoms with E-state index in [1.807, 2.05) is 18.2 Å². The molecule has 3 rings (SSSR count). The summed E-state index contributed by atoms with van der Waals surface area (Å²) >= 11 is 0. The zero-order valence-corrected chi connectivity index (χ0v) is 16.8. The molecule has 2 aromatic rings. The van der Waals surface area contributed by atoms with Gasteiger partial charge in [0.05, 0.1) is 13.2 Å². The molecule has 0 aliphatic carbocycles. The molecule has 0 unspecified atom stereocenters. The minimum atomic E-state index is -0.296. The lowest BCUT2D eigenvalue weighted by Crippen LogP contribution is -2.37. The van der Waals surface area contributed by atoms with Crippen LogP contribution >= 0.6 is 0 Å². The van der Waals surface area contributed by atoms with Crippen LogP contribution in [0.15, 0.2) is 42.5 Å². The zero-order valence-electron chi connectivity index (χ0n) is 16.8. The Labute approximate surface area is 170 Å². The van der Waals surface area contributed by atoms with E-state index in [4.69, 9.17) is 14.2 Å². The maximum Gasteiger partial charge on any atom is 0.251 e. The van der Waals surface area contributed by atoms with Crippen molar-refractivity contribution in [1.82, 2.24) is 10.2 Å². The van der Waals surface area contributed by atoms with Gasteiger partial charge in [-0.25, -0.2) is 0 Å². The van der Waals surface area contributed by atoms with Crippen LogP contribution in [0.2, 0.25) is 0 Å². The smallest absolute Gasteiger partial charge is 0.251 e. The van der Waals surface area contributed by atoms with Gasteiger partial charge in [0.1, 0.15) is 5.75 Å². The highest BCUT2D eigenvalue weighted by atomic mass is 16.7. The summed E-state index contributed by atoms with van der Waals surface area (Å²) in [7, 11) is 1.70. The second-order valence-electron chi connectivity index (χ2n) is 6.85. The topological polar surface area (TPSA) is 77.1 Å². The molecule has 7 nitrogen and oxygen atoms in total. The van der Waals surface area contributed by atoms with Crippen molar-refractivity contribution >= 4 is 11.8 Å². The first-order valence-corrected chi connectivity index (χ1v) is 9.70. The Morgan fingerprint density at radius 3 is 2.62 bits per heavy atom. The maximum absolute atomic E-state index is 12.4. The largest absolute Gasteiger partial charge is 0.494 e. The maximum atomic E-state index is 12.4. The molecule has 0 atom stereocenters. The molecule has 0 spiro atoms. The fourth-order valence-electron chi connectivity index (χ4n) is 2.83. The Morgan fingerprint density at radius 1 is 1.10 bits per heavy atom. The molecule has 1 aliphatic heterocycles. The molecule has 154 valence electrons. The molecule has 2 aromatic carbocycles. The van der Waals surface area contributed by atoms with Crippen LogP contribution in [0.25, 0.3) is 0 Å². The molecule has 2 amide bonds. The highest BCUT2D eigenvalue weighted by Gasteiger charge is 2.16. The molecule has 1 aliphatic rings. The first-order chi connectivity index (χ1) is 14.1. The molecule has 0 fully saturated rings. The van der Waals surface area contributed by atoms with Crippen molar-refractivity contribution in [2.75, 3.05) is 27.0 Å². The van der Waals surface area contributed by atoms with Gasteiger partial charge < -0.3 is 24.4 Å². The van der Waals surface area contributed by atoms with Crippen LogP contribution in [0.1, 0.15) is 35.7 Å². The van der Waals surface area contributed by atoms with Crippen molar-refractivity contribution in [1.29, 1.82) is 0 Å². The SMILES string of the molecule is CCCCOc1ccc(C(=O)NCC(=O)N(C)Cc2ccc3c(c2)OCO3)cc1. The van der Waals surface area contributed by atoms with Crippen molar-refractivity contribution in [3.63, 3.8) is 0 Å². The van der Waals surface area contributed by atoms with E-state index in [1.165, 1.54) is 0 Å². The number of benzene rings is 2. The summed E-state index contributed by atoms with van der Waals surface area (Å²) in [6.45, 7) is 3.31. The van der Waals surface area contributed by atoms with Crippen molar-refractivity contribution in [2.45, 2.75) is 26.3 Å². The molecule has 1 N–H and O–H groups in total. The summed E-state index contributed by atoms with van der Waals surface area (Å²) in [6, 6.07) is 12.5. The first-order valence-electron chi connectivity index (χ1n) is 9.70. The van der Waals surface area contributed by atoms with E-state index in [9.17, 15) is 9.59 Å². The van der Waals surface area contributed by atoms with Gasteiger partial charge in [0, 0.05) is 19.2 Å². The number of carbonyl (C=O) groups excluding carboxylic acids is 2. The predicted molar refractivity (Wildman–Crippen MR) is 108 cm³/mol. The quantitative estimate of drug-likeness (QED) is 0.657. The van der Waals surface area contributed by atoms with E-state index in [2.05, 4.69) is 12.2 Å². The molecule has 0 radical (unpaired) electrons. The van der Waals surface area contributed by atoms with Crippen molar-refractivity contribution < 1.29 is 23.8 Å². The Hall–Kier alpha value is -3.22. The van der Waals surface area contributed by atoms with Crippen LogP contribution in [0.5, 0.6) is 17.2 Å². The van der Waals surface area contributed by atoms with Crippen molar-refractivity contribution in [3.8, 4) is 17.2 Å². The van der Waals surface area contributed by atoms with Gasteiger partial charge in [-0.05, 0) is 48.4 Å². The highest BCUT2D eigenvalue weighted by molar-refractivity contribution is 5.96. The lowest BCUT2D eigenvalue weighted by atomic mass is 10.2. The third-order valence-electron chi connectivity index (χ3n) is 4.57. The van der Waals surface area contributed by atoms with E-state index in [1.54, 1.807) is 36.2 Å². The number of unbranched alkanes of at least 4 members (excludes halogenated alkanes) is 1. The number of likely N-dealkylation sites (N-methyl/N-ethyl adjacent to an activating group) is 1. The Bertz CT molecular complexity index is 851. The van der Waals surface area contributed by atoms with E-state index >= 15 is 0 Å². The third kappa shape index (κ3) is 5.63. The number of fused-ring (bicyclic) bond motifs is 1.